The van der Waals surface area contributed by atoms with Crippen LogP contribution in [0.15, 0.2) is 34.9 Å². The van der Waals surface area contributed by atoms with E-state index < -0.39 is 4.75 Å². The Morgan fingerprint density at radius 1 is 1.39 bits per heavy atom. The highest BCUT2D eigenvalue weighted by Gasteiger charge is 2.32. The molecule has 0 aliphatic heterocycles. The minimum Gasteiger partial charge on any atom is -0.352 e. The van der Waals surface area contributed by atoms with E-state index in [0.29, 0.717) is 6.54 Å². The first-order valence-electron chi connectivity index (χ1n) is 5.80. The van der Waals surface area contributed by atoms with E-state index in [0.717, 1.165) is 17.5 Å². The number of nitrogens with zero attached hydrogens (tertiary/aromatic N) is 1. The molecule has 0 aliphatic rings. The third-order valence-electron chi connectivity index (χ3n) is 3.02. The van der Waals surface area contributed by atoms with Crippen molar-refractivity contribution in [1.82, 2.24) is 5.32 Å². The smallest absolute Gasteiger partial charge is 0.224 e. The maximum Gasteiger partial charge on any atom is 0.224 e. The Morgan fingerprint density at radius 3 is 2.56 bits per heavy atom. The van der Waals surface area contributed by atoms with E-state index in [9.17, 15) is 9.70 Å². The molecule has 1 rings (SSSR count). The number of nitrogens with one attached hydrogen (secondary N) is 1. The standard InChI is InChI=1S/C13H18N2O2S/c1-10(13(2,3)18-15-17)12(16)14-9-11-7-5-4-6-8-11/h4-8,10H,9H2,1-3H3,(H,14,16). The van der Waals surface area contributed by atoms with Crippen molar-refractivity contribution in [3.63, 3.8) is 0 Å². The zero-order valence-corrected chi connectivity index (χ0v) is 11.7. The molecule has 1 aromatic carbocycles. The van der Waals surface area contributed by atoms with Gasteiger partial charge in [-0.05, 0) is 19.4 Å². The fourth-order valence-electron chi connectivity index (χ4n) is 1.43. The van der Waals surface area contributed by atoms with E-state index in [-0.39, 0.29) is 11.8 Å². The molecule has 0 aromatic heterocycles. The Morgan fingerprint density at radius 2 is 2.00 bits per heavy atom. The molecule has 1 N–H and O–H groups in total. The first-order valence-corrected chi connectivity index (χ1v) is 6.57. The summed E-state index contributed by atoms with van der Waals surface area (Å²) in [7, 11) is 0. The average molecular weight is 266 g/mol. The third-order valence-corrected chi connectivity index (χ3v) is 3.92. The minimum absolute atomic E-state index is 0.0694. The highest BCUT2D eigenvalue weighted by molar-refractivity contribution is 7.99. The van der Waals surface area contributed by atoms with Crippen LogP contribution in [0.25, 0.3) is 0 Å². The van der Waals surface area contributed by atoms with Gasteiger partial charge in [0, 0.05) is 27.8 Å². The summed E-state index contributed by atoms with van der Waals surface area (Å²) in [5.41, 5.74) is 1.05. The summed E-state index contributed by atoms with van der Waals surface area (Å²) in [6.45, 7) is 5.98. The number of nitroso groups, excluding NO2 is 1. The van der Waals surface area contributed by atoms with Gasteiger partial charge in [0.2, 0.25) is 5.91 Å². The molecule has 4 nitrogen and oxygen atoms in total. The van der Waals surface area contributed by atoms with Gasteiger partial charge < -0.3 is 5.32 Å². The molecule has 1 amide bonds. The molecule has 98 valence electrons. The molecule has 1 aromatic rings. The molecule has 0 saturated heterocycles. The second-order valence-corrected chi connectivity index (χ2v) is 6.08. The minimum atomic E-state index is -0.497. The number of amides is 1. The maximum absolute atomic E-state index is 12.0. The first-order chi connectivity index (χ1) is 8.47. The van der Waals surface area contributed by atoms with Crippen LogP contribution in [0.2, 0.25) is 0 Å². The van der Waals surface area contributed by atoms with Crippen LogP contribution in [0.3, 0.4) is 0 Å². The first kappa shape index (κ1) is 14.7. The van der Waals surface area contributed by atoms with Gasteiger partial charge in [-0.15, -0.1) is 4.91 Å². The number of benzene rings is 1. The lowest BCUT2D eigenvalue weighted by molar-refractivity contribution is -0.125. The van der Waals surface area contributed by atoms with Crippen molar-refractivity contribution in [1.29, 1.82) is 0 Å². The van der Waals surface area contributed by atoms with Gasteiger partial charge in [-0.2, -0.15) is 0 Å². The molecule has 0 radical (unpaired) electrons. The Kier molecular flexibility index (Phi) is 5.34. The van der Waals surface area contributed by atoms with Gasteiger partial charge in [0.15, 0.2) is 0 Å². The van der Waals surface area contributed by atoms with Crippen LogP contribution in [-0.4, -0.2) is 10.7 Å². The van der Waals surface area contributed by atoms with E-state index in [1.807, 2.05) is 44.2 Å². The Bertz CT molecular complexity index is 407. The molecule has 0 spiro atoms. The lowest BCUT2D eigenvalue weighted by Gasteiger charge is -2.26. The molecule has 18 heavy (non-hydrogen) atoms. The lowest BCUT2D eigenvalue weighted by Crippen LogP contribution is -2.39. The summed E-state index contributed by atoms with van der Waals surface area (Å²) >= 11 is 0.900. The fourth-order valence-corrected chi connectivity index (χ4v) is 1.89. The monoisotopic (exact) mass is 266 g/mol. The zero-order chi connectivity index (χ0) is 13.6. The van der Waals surface area contributed by atoms with Crippen LogP contribution < -0.4 is 5.32 Å². The SMILES string of the molecule is CC(C(=O)NCc1ccccc1)C(C)(C)SN=O. The predicted molar refractivity (Wildman–Crippen MR) is 74.9 cm³/mol. The second kappa shape index (κ2) is 6.54. The maximum atomic E-state index is 12.0. The van der Waals surface area contributed by atoms with Crippen molar-refractivity contribution in [2.45, 2.75) is 32.1 Å². The van der Waals surface area contributed by atoms with Crippen molar-refractivity contribution in [3.05, 3.63) is 40.8 Å². The summed E-state index contributed by atoms with van der Waals surface area (Å²) in [5, 5.41) is 2.87. The second-order valence-electron chi connectivity index (χ2n) is 4.69. The van der Waals surface area contributed by atoms with Gasteiger partial charge in [-0.1, -0.05) is 37.3 Å². The molecule has 0 fully saturated rings. The van der Waals surface area contributed by atoms with E-state index in [4.69, 9.17) is 0 Å². The fraction of sp³-hybridized carbons (Fsp3) is 0.462. The highest BCUT2D eigenvalue weighted by atomic mass is 32.2. The summed E-state index contributed by atoms with van der Waals surface area (Å²) in [6.07, 6.45) is 0. The number of carbonyl (C=O) groups excluding carboxylic acids is 1. The normalized spacial score (nSPS) is 12.8. The molecule has 0 aliphatic carbocycles. The van der Waals surface area contributed by atoms with Crippen molar-refractivity contribution < 1.29 is 4.79 Å². The van der Waals surface area contributed by atoms with E-state index >= 15 is 0 Å². The molecule has 1 atom stereocenters. The number of hydrogen-bond acceptors (Lipinski definition) is 4. The summed E-state index contributed by atoms with van der Waals surface area (Å²) < 4.78 is 2.32. The Labute approximate surface area is 112 Å². The number of carbonyl (C=O) groups is 1. The van der Waals surface area contributed by atoms with Crippen LogP contribution in [0.4, 0.5) is 0 Å². The van der Waals surface area contributed by atoms with Crippen molar-refractivity contribution in [2.24, 2.45) is 10.5 Å². The van der Waals surface area contributed by atoms with Gasteiger partial charge in [0.05, 0.1) is 5.92 Å². The van der Waals surface area contributed by atoms with Crippen molar-refractivity contribution in [3.8, 4) is 0 Å². The predicted octanol–water partition coefficient (Wildman–Crippen LogP) is 3.13. The molecular weight excluding hydrogens is 248 g/mol. The van der Waals surface area contributed by atoms with Crippen LogP contribution in [0.5, 0.6) is 0 Å². The highest BCUT2D eigenvalue weighted by Crippen LogP contribution is 2.33. The van der Waals surface area contributed by atoms with Crippen LogP contribution in [0, 0.1) is 10.8 Å². The largest absolute Gasteiger partial charge is 0.352 e. The topological polar surface area (TPSA) is 58.5 Å². The van der Waals surface area contributed by atoms with Crippen LogP contribution in [0.1, 0.15) is 26.3 Å². The van der Waals surface area contributed by atoms with Crippen molar-refractivity contribution >= 4 is 17.9 Å². The van der Waals surface area contributed by atoms with E-state index in [1.54, 1.807) is 6.92 Å². The van der Waals surface area contributed by atoms with Crippen LogP contribution in [-0.2, 0) is 11.3 Å². The third kappa shape index (κ3) is 4.14. The summed E-state index contributed by atoms with van der Waals surface area (Å²) in [6, 6.07) is 9.71. The summed E-state index contributed by atoms with van der Waals surface area (Å²) in [5.74, 6) is -0.357. The lowest BCUT2D eigenvalue weighted by atomic mass is 9.96. The zero-order valence-electron chi connectivity index (χ0n) is 10.8. The Hall–Kier alpha value is -1.36. The quantitative estimate of drug-likeness (QED) is 0.635. The Balaban J connectivity index is 2.53. The van der Waals surface area contributed by atoms with Gasteiger partial charge in [-0.3, -0.25) is 4.79 Å². The van der Waals surface area contributed by atoms with E-state index in [2.05, 4.69) is 9.90 Å². The number of hydrogen-bond donors (Lipinski definition) is 1. The van der Waals surface area contributed by atoms with E-state index in [1.165, 1.54) is 0 Å². The average Bonchev–Trinajstić information content (AvgIpc) is 2.36. The van der Waals surface area contributed by atoms with Crippen LogP contribution >= 0.6 is 11.9 Å². The molecule has 1 unspecified atom stereocenters. The van der Waals surface area contributed by atoms with Gasteiger partial charge >= 0.3 is 0 Å². The number of rotatable bonds is 6. The molecule has 0 heterocycles. The molecular formula is C13H18N2O2S. The summed E-state index contributed by atoms with van der Waals surface area (Å²) in [4.78, 5) is 22.3. The molecule has 0 bridgehead atoms. The van der Waals surface area contributed by atoms with Crippen molar-refractivity contribution in [2.75, 3.05) is 0 Å². The molecule has 0 saturated carbocycles. The van der Waals surface area contributed by atoms with Gasteiger partial charge in [0.25, 0.3) is 0 Å². The van der Waals surface area contributed by atoms with Gasteiger partial charge in [0.1, 0.15) is 0 Å². The van der Waals surface area contributed by atoms with Gasteiger partial charge in [-0.25, -0.2) is 0 Å². The molecule has 5 heteroatoms.